The number of aromatic nitrogens is 4. The van der Waals surface area contributed by atoms with Crippen LogP contribution in [0, 0.1) is 0 Å². The second-order valence-electron chi connectivity index (χ2n) is 4.99. The molecule has 0 saturated heterocycles. The molecule has 0 aliphatic rings. The standard InChI is InChI=1S/C17H16N4O/c22-13-16-17(15-8-10-18-11-9-15)21(20-19-16)12-4-7-14-5-2-1-3-6-14/h1-3,5-6,8-11,13H,4,7,12H2. The van der Waals surface area contributed by atoms with Gasteiger partial charge < -0.3 is 0 Å². The van der Waals surface area contributed by atoms with Crippen molar-refractivity contribution in [2.45, 2.75) is 19.4 Å². The van der Waals surface area contributed by atoms with Crippen molar-refractivity contribution >= 4 is 6.29 Å². The third-order valence-corrected chi connectivity index (χ3v) is 3.50. The minimum absolute atomic E-state index is 0.367. The molecule has 22 heavy (non-hydrogen) atoms. The highest BCUT2D eigenvalue weighted by atomic mass is 16.1. The first-order valence-electron chi connectivity index (χ1n) is 7.21. The second-order valence-corrected chi connectivity index (χ2v) is 4.99. The molecular formula is C17H16N4O. The van der Waals surface area contributed by atoms with E-state index in [1.165, 1.54) is 5.56 Å². The number of benzene rings is 1. The Labute approximate surface area is 128 Å². The highest BCUT2D eigenvalue weighted by Crippen LogP contribution is 2.20. The Morgan fingerprint density at radius 2 is 1.82 bits per heavy atom. The van der Waals surface area contributed by atoms with E-state index in [1.54, 1.807) is 17.1 Å². The van der Waals surface area contributed by atoms with Crippen LogP contribution >= 0.6 is 0 Å². The van der Waals surface area contributed by atoms with Crippen molar-refractivity contribution in [2.24, 2.45) is 0 Å². The molecular weight excluding hydrogens is 276 g/mol. The quantitative estimate of drug-likeness (QED) is 0.655. The first kappa shape index (κ1) is 14.1. The molecule has 0 aliphatic carbocycles. The smallest absolute Gasteiger partial charge is 0.172 e. The lowest BCUT2D eigenvalue weighted by molar-refractivity contribution is 0.111. The lowest BCUT2D eigenvalue weighted by Crippen LogP contribution is -2.04. The molecule has 0 N–H and O–H groups in total. The third-order valence-electron chi connectivity index (χ3n) is 3.50. The van der Waals surface area contributed by atoms with Gasteiger partial charge in [0, 0.05) is 24.5 Å². The van der Waals surface area contributed by atoms with E-state index in [1.807, 2.05) is 30.3 Å². The van der Waals surface area contributed by atoms with Crippen LogP contribution in [0.3, 0.4) is 0 Å². The van der Waals surface area contributed by atoms with E-state index >= 15 is 0 Å². The normalized spacial score (nSPS) is 10.5. The number of aryl methyl sites for hydroxylation is 2. The van der Waals surface area contributed by atoms with Crippen molar-refractivity contribution in [3.8, 4) is 11.3 Å². The predicted octanol–water partition coefficient (Wildman–Crippen LogP) is 2.79. The summed E-state index contributed by atoms with van der Waals surface area (Å²) >= 11 is 0. The van der Waals surface area contributed by atoms with E-state index in [2.05, 4.69) is 27.4 Å². The minimum Gasteiger partial charge on any atom is -0.296 e. The maximum Gasteiger partial charge on any atom is 0.172 e. The maximum absolute atomic E-state index is 11.2. The van der Waals surface area contributed by atoms with E-state index < -0.39 is 0 Å². The summed E-state index contributed by atoms with van der Waals surface area (Å²) in [6, 6.07) is 14.0. The van der Waals surface area contributed by atoms with Crippen LogP contribution in [0.4, 0.5) is 0 Å². The summed E-state index contributed by atoms with van der Waals surface area (Å²) < 4.78 is 1.79. The molecule has 0 bridgehead atoms. The number of carbonyl (C=O) groups is 1. The van der Waals surface area contributed by atoms with Gasteiger partial charge in [-0.05, 0) is 30.5 Å². The van der Waals surface area contributed by atoms with Gasteiger partial charge in [-0.25, -0.2) is 4.68 Å². The summed E-state index contributed by atoms with van der Waals surface area (Å²) in [5.74, 6) is 0. The Hall–Kier alpha value is -2.82. The van der Waals surface area contributed by atoms with Crippen LogP contribution < -0.4 is 0 Å². The third kappa shape index (κ3) is 3.09. The number of nitrogens with zero attached hydrogens (tertiary/aromatic N) is 4. The van der Waals surface area contributed by atoms with Crippen LogP contribution in [0.1, 0.15) is 22.5 Å². The molecule has 0 radical (unpaired) electrons. The average Bonchev–Trinajstić information content (AvgIpc) is 2.99. The van der Waals surface area contributed by atoms with Crippen molar-refractivity contribution in [1.82, 2.24) is 20.0 Å². The molecule has 0 fully saturated rings. The van der Waals surface area contributed by atoms with Gasteiger partial charge in [0.15, 0.2) is 12.0 Å². The lowest BCUT2D eigenvalue weighted by atomic mass is 10.1. The van der Waals surface area contributed by atoms with Crippen LogP contribution in [0.25, 0.3) is 11.3 Å². The van der Waals surface area contributed by atoms with E-state index in [0.717, 1.165) is 30.4 Å². The number of hydrogen-bond acceptors (Lipinski definition) is 4. The summed E-state index contributed by atoms with van der Waals surface area (Å²) in [5, 5.41) is 8.07. The van der Waals surface area contributed by atoms with Crippen molar-refractivity contribution < 1.29 is 4.79 Å². The summed E-state index contributed by atoms with van der Waals surface area (Å²) in [4.78, 5) is 15.2. The van der Waals surface area contributed by atoms with Gasteiger partial charge in [0.25, 0.3) is 0 Å². The van der Waals surface area contributed by atoms with Gasteiger partial charge in [0.05, 0.1) is 5.69 Å². The van der Waals surface area contributed by atoms with Crippen molar-refractivity contribution in [3.63, 3.8) is 0 Å². The number of aldehydes is 1. The van der Waals surface area contributed by atoms with E-state index in [4.69, 9.17) is 0 Å². The van der Waals surface area contributed by atoms with Crippen LogP contribution in [-0.4, -0.2) is 26.3 Å². The zero-order valence-electron chi connectivity index (χ0n) is 12.1. The van der Waals surface area contributed by atoms with Crippen LogP contribution in [0.5, 0.6) is 0 Å². The van der Waals surface area contributed by atoms with Gasteiger partial charge in [0.1, 0.15) is 0 Å². The van der Waals surface area contributed by atoms with Gasteiger partial charge in [-0.3, -0.25) is 9.78 Å². The molecule has 3 aromatic rings. The van der Waals surface area contributed by atoms with Gasteiger partial charge in [-0.2, -0.15) is 0 Å². The molecule has 0 amide bonds. The Morgan fingerprint density at radius 1 is 1.05 bits per heavy atom. The molecule has 2 aromatic heterocycles. The molecule has 5 nitrogen and oxygen atoms in total. The maximum atomic E-state index is 11.2. The van der Waals surface area contributed by atoms with Crippen LogP contribution in [0.15, 0.2) is 54.9 Å². The molecule has 5 heteroatoms. The van der Waals surface area contributed by atoms with Crippen LogP contribution in [-0.2, 0) is 13.0 Å². The van der Waals surface area contributed by atoms with E-state index in [-0.39, 0.29) is 0 Å². The SMILES string of the molecule is O=Cc1nnn(CCCc2ccccc2)c1-c1ccncc1. The lowest BCUT2D eigenvalue weighted by Gasteiger charge is -2.07. The van der Waals surface area contributed by atoms with Crippen molar-refractivity contribution in [3.05, 3.63) is 66.1 Å². The fourth-order valence-electron chi connectivity index (χ4n) is 2.45. The number of hydrogen-bond donors (Lipinski definition) is 0. The summed E-state index contributed by atoms with van der Waals surface area (Å²) in [6.07, 6.45) is 6.05. The number of carbonyl (C=O) groups excluding carboxylic acids is 1. The molecule has 3 rings (SSSR count). The monoisotopic (exact) mass is 292 g/mol. The fourth-order valence-corrected chi connectivity index (χ4v) is 2.45. The Balaban J connectivity index is 1.77. The topological polar surface area (TPSA) is 60.7 Å². The summed E-state index contributed by atoms with van der Waals surface area (Å²) in [6.45, 7) is 0.716. The van der Waals surface area contributed by atoms with Gasteiger partial charge in [-0.15, -0.1) is 5.10 Å². The van der Waals surface area contributed by atoms with Crippen LogP contribution in [0.2, 0.25) is 0 Å². The number of rotatable bonds is 6. The van der Waals surface area contributed by atoms with Gasteiger partial charge >= 0.3 is 0 Å². The molecule has 0 spiro atoms. The Kier molecular flexibility index (Phi) is 4.34. The summed E-state index contributed by atoms with van der Waals surface area (Å²) in [5.41, 5.74) is 3.32. The average molecular weight is 292 g/mol. The highest BCUT2D eigenvalue weighted by molar-refractivity contribution is 5.83. The largest absolute Gasteiger partial charge is 0.296 e. The molecule has 2 heterocycles. The van der Waals surface area contributed by atoms with E-state index in [0.29, 0.717) is 12.2 Å². The molecule has 0 saturated carbocycles. The first-order valence-corrected chi connectivity index (χ1v) is 7.21. The van der Waals surface area contributed by atoms with Crippen molar-refractivity contribution in [1.29, 1.82) is 0 Å². The van der Waals surface area contributed by atoms with Gasteiger partial charge in [0.2, 0.25) is 0 Å². The first-order chi connectivity index (χ1) is 10.9. The molecule has 0 atom stereocenters. The summed E-state index contributed by atoms with van der Waals surface area (Å²) in [7, 11) is 0. The van der Waals surface area contributed by atoms with Crippen molar-refractivity contribution in [2.75, 3.05) is 0 Å². The predicted molar refractivity (Wildman–Crippen MR) is 83.4 cm³/mol. The molecule has 0 unspecified atom stereocenters. The second kappa shape index (κ2) is 6.76. The number of pyridine rings is 1. The zero-order chi connectivity index (χ0) is 15.2. The minimum atomic E-state index is 0.367. The highest BCUT2D eigenvalue weighted by Gasteiger charge is 2.13. The Morgan fingerprint density at radius 3 is 2.55 bits per heavy atom. The molecule has 0 aliphatic heterocycles. The molecule has 1 aromatic carbocycles. The zero-order valence-corrected chi connectivity index (χ0v) is 12.1. The van der Waals surface area contributed by atoms with Gasteiger partial charge in [-0.1, -0.05) is 35.5 Å². The molecule has 110 valence electrons. The Bertz CT molecular complexity index is 738. The van der Waals surface area contributed by atoms with E-state index in [9.17, 15) is 4.79 Å². The fraction of sp³-hybridized carbons (Fsp3) is 0.176.